The minimum Gasteiger partial charge on any atom is -0.354 e. The molecule has 1 unspecified atom stereocenters. The van der Waals surface area contributed by atoms with E-state index in [1.807, 2.05) is 6.92 Å². The molecule has 0 aromatic carbocycles. The monoisotopic (exact) mass is 246 g/mol. The SMILES string of the molecule is CC1(C(=O)NCC2CCC2)CCCCN1.Cl. The molecule has 2 rings (SSSR count). The average molecular weight is 247 g/mol. The van der Waals surface area contributed by atoms with E-state index >= 15 is 0 Å². The maximum atomic E-state index is 12.0. The first-order valence-corrected chi connectivity index (χ1v) is 6.24. The molecular formula is C12H23ClN2O. The lowest BCUT2D eigenvalue weighted by molar-refractivity contribution is -0.128. The lowest BCUT2D eigenvalue weighted by Crippen LogP contribution is -2.57. The maximum Gasteiger partial charge on any atom is 0.240 e. The predicted molar refractivity (Wildman–Crippen MR) is 67.9 cm³/mol. The van der Waals surface area contributed by atoms with Crippen molar-refractivity contribution in [3.63, 3.8) is 0 Å². The largest absolute Gasteiger partial charge is 0.354 e. The van der Waals surface area contributed by atoms with Gasteiger partial charge in [-0.2, -0.15) is 0 Å². The molecule has 1 aliphatic heterocycles. The van der Waals surface area contributed by atoms with Gasteiger partial charge >= 0.3 is 0 Å². The molecule has 1 amide bonds. The fourth-order valence-corrected chi connectivity index (χ4v) is 2.38. The number of carbonyl (C=O) groups is 1. The molecule has 94 valence electrons. The molecule has 0 spiro atoms. The van der Waals surface area contributed by atoms with Crippen molar-refractivity contribution in [1.29, 1.82) is 0 Å². The smallest absolute Gasteiger partial charge is 0.240 e. The topological polar surface area (TPSA) is 41.1 Å². The summed E-state index contributed by atoms with van der Waals surface area (Å²) in [5.74, 6) is 0.954. The van der Waals surface area contributed by atoms with E-state index in [9.17, 15) is 4.79 Å². The van der Waals surface area contributed by atoms with Gasteiger partial charge in [-0.05, 0) is 51.5 Å². The van der Waals surface area contributed by atoms with Crippen LogP contribution >= 0.6 is 12.4 Å². The Bertz CT molecular complexity index is 235. The van der Waals surface area contributed by atoms with Crippen molar-refractivity contribution in [2.75, 3.05) is 13.1 Å². The number of carbonyl (C=O) groups excluding carboxylic acids is 1. The summed E-state index contributed by atoms with van der Waals surface area (Å²) in [4.78, 5) is 12.0. The van der Waals surface area contributed by atoms with Gasteiger partial charge in [0.1, 0.15) is 0 Å². The van der Waals surface area contributed by atoms with Gasteiger partial charge < -0.3 is 10.6 Å². The van der Waals surface area contributed by atoms with Crippen LogP contribution in [0.2, 0.25) is 0 Å². The highest BCUT2D eigenvalue weighted by Gasteiger charge is 2.34. The average Bonchev–Trinajstić information content (AvgIpc) is 2.16. The fraction of sp³-hybridized carbons (Fsp3) is 0.917. The number of nitrogens with one attached hydrogen (secondary N) is 2. The number of halogens is 1. The first-order valence-electron chi connectivity index (χ1n) is 6.24. The fourth-order valence-electron chi connectivity index (χ4n) is 2.38. The molecule has 2 N–H and O–H groups in total. The molecule has 1 saturated heterocycles. The summed E-state index contributed by atoms with van der Waals surface area (Å²) in [5.41, 5.74) is -0.304. The number of piperidine rings is 1. The van der Waals surface area contributed by atoms with Gasteiger partial charge in [-0.15, -0.1) is 12.4 Å². The Kier molecular flexibility index (Phi) is 5.06. The molecule has 1 saturated carbocycles. The third-order valence-corrected chi connectivity index (χ3v) is 3.90. The number of hydrogen-bond donors (Lipinski definition) is 2. The molecule has 2 fully saturated rings. The number of hydrogen-bond acceptors (Lipinski definition) is 2. The molecule has 1 atom stereocenters. The van der Waals surface area contributed by atoms with E-state index in [1.165, 1.54) is 32.1 Å². The number of rotatable bonds is 3. The van der Waals surface area contributed by atoms with Gasteiger partial charge in [-0.25, -0.2) is 0 Å². The molecule has 0 bridgehead atoms. The highest BCUT2D eigenvalue weighted by Crippen LogP contribution is 2.25. The maximum absolute atomic E-state index is 12.0. The van der Waals surface area contributed by atoms with E-state index in [-0.39, 0.29) is 23.9 Å². The Morgan fingerprint density at radius 3 is 2.62 bits per heavy atom. The zero-order valence-electron chi connectivity index (χ0n) is 10.1. The molecule has 1 aliphatic carbocycles. The summed E-state index contributed by atoms with van der Waals surface area (Å²) in [7, 11) is 0. The van der Waals surface area contributed by atoms with Crippen LogP contribution in [-0.2, 0) is 4.79 Å². The second-order valence-corrected chi connectivity index (χ2v) is 5.22. The summed E-state index contributed by atoms with van der Waals surface area (Å²) >= 11 is 0. The van der Waals surface area contributed by atoms with Gasteiger partial charge in [0.15, 0.2) is 0 Å². The highest BCUT2D eigenvalue weighted by atomic mass is 35.5. The second kappa shape index (κ2) is 5.87. The van der Waals surface area contributed by atoms with Gasteiger partial charge in [0.05, 0.1) is 5.54 Å². The third-order valence-electron chi connectivity index (χ3n) is 3.90. The quantitative estimate of drug-likeness (QED) is 0.798. The van der Waals surface area contributed by atoms with Crippen LogP contribution in [0.5, 0.6) is 0 Å². The molecule has 0 aromatic heterocycles. The summed E-state index contributed by atoms with van der Waals surface area (Å²) in [5, 5.41) is 6.44. The Labute approximate surface area is 104 Å². The van der Waals surface area contributed by atoms with E-state index in [0.717, 1.165) is 25.4 Å². The van der Waals surface area contributed by atoms with Crippen molar-refractivity contribution in [3.05, 3.63) is 0 Å². The van der Waals surface area contributed by atoms with E-state index in [1.54, 1.807) is 0 Å². The van der Waals surface area contributed by atoms with Crippen LogP contribution in [0, 0.1) is 5.92 Å². The van der Waals surface area contributed by atoms with E-state index in [2.05, 4.69) is 10.6 Å². The van der Waals surface area contributed by atoms with Crippen LogP contribution < -0.4 is 10.6 Å². The van der Waals surface area contributed by atoms with Gasteiger partial charge in [0, 0.05) is 6.54 Å². The highest BCUT2D eigenvalue weighted by molar-refractivity contribution is 5.86. The van der Waals surface area contributed by atoms with Crippen molar-refractivity contribution in [1.82, 2.24) is 10.6 Å². The first-order chi connectivity index (χ1) is 7.21. The summed E-state index contributed by atoms with van der Waals surface area (Å²) in [6.07, 6.45) is 7.28. The summed E-state index contributed by atoms with van der Waals surface area (Å²) in [6, 6.07) is 0. The van der Waals surface area contributed by atoms with Crippen LogP contribution in [-0.4, -0.2) is 24.5 Å². The van der Waals surface area contributed by atoms with Crippen LogP contribution in [0.25, 0.3) is 0 Å². The Balaban J connectivity index is 0.00000128. The molecule has 4 heteroatoms. The van der Waals surface area contributed by atoms with E-state index in [4.69, 9.17) is 0 Å². The van der Waals surface area contributed by atoms with E-state index in [0.29, 0.717) is 0 Å². The molecule has 2 aliphatic rings. The van der Waals surface area contributed by atoms with Crippen molar-refractivity contribution in [3.8, 4) is 0 Å². The van der Waals surface area contributed by atoms with Gasteiger partial charge in [-0.1, -0.05) is 6.42 Å². The molecular weight excluding hydrogens is 224 g/mol. The molecule has 3 nitrogen and oxygen atoms in total. The van der Waals surface area contributed by atoms with Crippen LogP contribution in [0.15, 0.2) is 0 Å². The number of amides is 1. The van der Waals surface area contributed by atoms with Crippen LogP contribution in [0.4, 0.5) is 0 Å². The lowest BCUT2D eigenvalue weighted by atomic mass is 9.85. The third kappa shape index (κ3) is 3.11. The van der Waals surface area contributed by atoms with E-state index < -0.39 is 0 Å². The first kappa shape index (κ1) is 13.8. The lowest BCUT2D eigenvalue weighted by Gasteiger charge is -2.34. The molecule has 1 heterocycles. The van der Waals surface area contributed by atoms with Gasteiger partial charge in [0.2, 0.25) is 5.91 Å². The zero-order valence-corrected chi connectivity index (χ0v) is 10.9. The minimum absolute atomic E-state index is 0. The molecule has 16 heavy (non-hydrogen) atoms. The normalized spacial score (nSPS) is 30.1. The van der Waals surface area contributed by atoms with Crippen molar-refractivity contribution in [2.24, 2.45) is 5.92 Å². The predicted octanol–water partition coefficient (Wildman–Crippen LogP) is 1.86. The van der Waals surface area contributed by atoms with Crippen molar-refractivity contribution in [2.45, 2.75) is 51.0 Å². The second-order valence-electron chi connectivity index (χ2n) is 5.22. The Morgan fingerprint density at radius 2 is 2.12 bits per heavy atom. The summed E-state index contributed by atoms with van der Waals surface area (Å²) in [6.45, 7) is 3.89. The minimum atomic E-state index is -0.304. The van der Waals surface area contributed by atoms with Gasteiger partial charge in [-0.3, -0.25) is 4.79 Å². The molecule has 0 radical (unpaired) electrons. The zero-order chi connectivity index (χ0) is 10.7. The Morgan fingerprint density at radius 1 is 1.38 bits per heavy atom. The Hall–Kier alpha value is -0.280. The van der Waals surface area contributed by atoms with Crippen molar-refractivity contribution < 1.29 is 4.79 Å². The molecule has 0 aromatic rings. The summed E-state index contributed by atoms with van der Waals surface area (Å²) < 4.78 is 0. The van der Waals surface area contributed by atoms with Crippen LogP contribution in [0.3, 0.4) is 0 Å². The standard InChI is InChI=1S/C12H22N2O.ClH/c1-12(7-2-3-8-14-12)11(15)13-9-10-5-4-6-10;/h10,14H,2-9H2,1H3,(H,13,15);1H. The van der Waals surface area contributed by atoms with Crippen molar-refractivity contribution >= 4 is 18.3 Å². The van der Waals surface area contributed by atoms with Gasteiger partial charge in [0.25, 0.3) is 0 Å². The van der Waals surface area contributed by atoms with Crippen LogP contribution in [0.1, 0.15) is 45.4 Å².